The Labute approximate surface area is 188 Å². The Hall–Kier alpha value is -1.39. The summed E-state index contributed by atoms with van der Waals surface area (Å²) < 4.78 is 70.1. The third-order valence-corrected chi connectivity index (χ3v) is 8.37. The van der Waals surface area contributed by atoms with E-state index in [4.69, 9.17) is 0 Å². The van der Waals surface area contributed by atoms with Crippen molar-refractivity contribution in [1.82, 2.24) is 0 Å². The normalized spacial score (nSPS) is 31.3. The van der Waals surface area contributed by atoms with Crippen molar-refractivity contribution < 1.29 is 22.0 Å². The topological polar surface area (TPSA) is 0 Å². The molecule has 4 rings (SSSR count). The summed E-state index contributed by atoms with van der Waals surface area (Å²) >= 11 is 0. The van der Waals surface area contributed by atoms with Gasteiger partial charge in [0, 0.05) is 0 Å². The highest BCUT2D eigenvalue weighted by atomic mass is 19.3. The number of rotatable bonds is 6. The van der Waals surface area contributed by atoms with Gasteiger partial charge in [-0.2, -0.15) is 17.6 Å². The number of hydrogen-bond donors (Lipinski definition) is 0. The predicted octanol–water partition coefficient (Wildman–Crippen LogP) is 9.24. The standard InChI is InChI=1S/C27H35F5/c1-2-3-4-5-18-6-8-19(9-7-18)20-10-12-21(13-11-20)23-16-22-14-15-26(29,30)27(31,32)25(22)24(28)17-23/h14-21H,2-13H2,1H3. The first-order valence-corrected chi connectivity index (χ1v) is 12.5. The Morgan fingerprint density at radius 1 is 0.844 bits per heavy atom. The van der Waals surface area contributed by atoms with E-state index in [0.717, 1.165) is 49.7 Å². The first-order chi connectivity index (χ1) is 15.2. The molecular weight excluding hydrogens is 419 g/mol. The molecule has 0 atom stereocenters. The maximum atomic E-state index is 14.6. The number of hydrogen-bond acceptors (Lipinski definition) is 0. The Morgan fingerprint density at radius 3 is 2.09 bits per heavy atom. The molecule has 0 N–H and O–H groups in total. The molecule has 0 saturated heterocycles. The number of benzene rings is 1. The average Bonchev–Trinajstić information content (AvgIpc) is 2.77. The molecule has 0 aromatic heterocycles. The fraction of sp³-hybridized carbons (Fsp3) is 0.704. The van der Waals surface area contributed by atoms with E-state index in [-0.39, 0.29) is 17.6 Å². The van der Waals surface area contributed by atoms with Crippen molar-refractivity contribution in [3.8, 4) is 0 Å². The second-order valence-electron chi connectivity index (χ2n) is 10.4. The Kier molecular flexibility index (Phi) is 7.03. The molecule has 1 aromatic rings. The monoisotopic (exact) mass is 454 g/mol. The van der Waals surface area contributed by atoms with Gasteiger partial charge in [0.2, 0.25) is 0 Å². The van der Waals surface area contributed by atoms with Crippen LogP contribution in [0.4, 0.5) is 22.0 Å². The fourth-order valence-electron chi connectivity index (χ4n) is 6.37. The van der Waals surface area contributed by atoms with E-state index in [1.807, 2.05) is 0 Å². The second kappa shape index (κ2) is 9.46. The van der Waals surface area contributed by atoms with Gasteiger partial charge in [0.25, 0.3) is 0 Å². The fourth-order valence-corrected chi connectivity index (χ4v) is 6.37. The van der Waals surface area contributed by atoms with Gasteiger partial charge in [0.15, 0.2) is 0 Å². The third kappa shape index (κ3) is 4.63. The Balaban J connectivity index is 1.35. The minimum Gasteiger partial charge on any atom is -0.206 e. The van der Waals surface area contributed by atoms with Crippen molar-refractivity contribution >= 4 is 6.08 Å². The summed E-state index contributed by atoms with van der Waals surface area (Å²) in [6.45, 7) is 2.25. The van der Waals surface area contributed by atoms with Crippen LogP contribution in [-0.2, 0) is 5.92 Å². The van der Waals surface area contributed by atoms with E-state index in [0.29, 0.717) is 11.5 Å². The van der Waals surface area contributed by atoms with E-state index in [1.165, 1.54) is 57.4 Å². The van der Waals surface area contributed by atoms with Gasteiger partial charge in [-0.3, -0.25) is 0 Å². The zero-order valence-corrected chi connectivity index (χ0v) is 19.0. The van der Waals surface area contributed by atoms with Gasteiger partial charge in [-0.05, 0) is 85.5 Å². The smallest absolute Gasteiger partial charge is 0.206 e. The maximum absolute atomic E-state index is 14.6. The van der Waals surface area contributed by atoms with Crippen LogP contribution in [0.1, 0.15) is 107 Å². The van der Waals surface area contributed by atoms with Crippen LogP contribution in [0.5, 0.6) is 0 Å². The van der Waals surface area contributed by atoms with Crippen molar-refractivity contribution in [1.29, 1.82) is 0 Å². The molecular formula is C27H35F5. The average molecular weight is 455 g/mol. The van der Waals surface area contributed by atoms with Crippen LogP contribution in [0.25, 0.3) is 6.08 Å². The molecule has 1 aromatic carbocycles. The van der Waals surface area contributed by atoms with Crippen molar-refractivity contribution in [2.45, 2.75) is 102 Å². The van der Waals surface area contributed by atoms with Crippen LogP contribution in [0, 0.1) is 23.6 Å². The van der Waals surface area contributed by atoms with E-state index < -0.39 is 23.2 Å². The van der Waals surface area contributed by atoms with Crippen molar-refractivity contribution in [2.75, 3.05) is 0 Å². The highest BCUT2D eigenvalue weighted by Gasteiger charge is 2.59. The van der Waals surface area contributed by atoms with Crippen LogP contribution < -0.4 is 0 Å². The molecule has 0 unspecified atom stereocenters. The first kappa shape index (κ1) is 23.8. The summed E-state index contributed by atoms with van der Waals surface area (Å²) in [5, 5.41) is 0. The summed E-state index contributed by atoms with van der Waals surface area (Å²) in [4.78, 5) is 0. The Bertz CT molecular complexity index is 812. The first-order valence-electron chi connectivity index (χ1n) is 12.5. The van der Waals surface area contributed by atoms with Gasteiger partial charge >= 0.3 is 11.8 Å². The predicted molar refractivity (Wildman–Crippen MR) is 119 cm³/mol. The minimum absolute atomic E-state index is 0.112. The lowest BCUT2D eigenvalue weighted by Crippen LogP contribution is -2.39. The van der Waals surface area contributed by atoms with Crippen molar-refractivity contribution in [3.63, 3.8) is 0 Å². The molecule has 0 nitrogen and oxygen atoms in total. The molecule has 3 aliphatic carbocycles. The van der Waals surface area contributed by atoms with Gasteiger partial charge in [0.1, 0.15) is 5.82 Å². The molecule has 2 fully saturated rings. The summed E-state index contributed by atoms with van der Waals surface area (Å²) in [6, 6.07) is 2.58. The van der Waals surface area contributed by atoms with Gasteiger partial charge < -0.3 is 0 Å². The number of allylic oxidation sites excluding steroid dienone is 1. The molecule has 2 saturated carbocycles. The summed E-state index contributed by atoms with van der Waals surface area (Å²) in [5.74, 6) is -7.61. The largest absolute Gasteiger partial charge is 0.342 e. The zero-order valence-electron chi connectivity index (χ0n) is 19.0. The summed E-state index contributed by atoms with van der Waals surface area (Å²) in [7, 11) is 0. The lowest BCUT2D eigenvalue weighted by Gasteiger charge is -2.38. The molecule has 3 aliphatic rings. The Morgan fingerprint density at radius 2 is 1.47 bits per heavy atom. The molecule has 0 amide bonds. The van der Waals surface area contributed by atoms with Crippen LogP contribution in [-0.4, -0.2) is 5.92 Å². The molecule has 32 heavy (non-hydrogen) atoms. The van der Waals surface area contributed by atoms with Crippen molar-refractivity contribution in [2.24, 2.45) is 17.8 Å². The summed E-state index contributed by atoms with van der Waals surface area (Å²) in [5.41, 5.74) is -0.609. The van der Waals surface area contributed by atoms with Gasteiger partial charge in [-0.1, -0.05) is 57.6 Å². The van der Waals surface area contributed by atoms with Crippen LogP contribution in [0.2, 0.25) is 0 Å². The molecule has 0 radical (unpaired) electrons. The lowest BCUT2D eigenvalue weighted by molar-refractivity contribution is -0.189. The molecule has 0 spiro atoms. The molecule has 0 bridgehead atoms. The summed E-state index contributed by atoms with van der Waals surface area (Å²) in [6.07, 6.45) is 15.8. The van der Waals surface area contributed by atoms with Gasteiger partial charge in [0.05, 0.1) is 5.56 Å². The highest BCUT2D eigenvalue weighted by molar-refractivity contribution is 5.62. The molecule has 0 aliphatic heterocycles. The van der Waals surface area contributed by atoms with Crippen LogP contribution >= 0.6 is 0 Å². The van der Waals surface area contributed by atoms with Crippen LogP contribution in [0.15, 0.2) is 18.2 Å². The zero-order chi connectivity index (χ0) is 22.9. The molecule has 5 heteroatoms. The SMILES string of the molecule is CCCCCC1CCC(C2CCC(c3cc(F)c4c(c3)C=CC(F)(F)C4(F)F)CC2)CC1. The van der Waals surface area contributed by atoms with Crippen molar-refractivity contribution in [3.05, 3.63) is 40.7 Å². The number of alkyl halides is 4. The number of unbranched alkanes of at least 4 members (excludes halogenated alkanes) is 2. The highest BCUT2D eigenvalue weighted by Crippen LogP contribution is 2.51. The number of halogens is 5. The van der Waals surface area contributed by atoms with E-state index in [2.05, 4.69) is 6.92 Å². The van der Waals surface area contributed by atoms with Crippen LogP contribution in [0.3, 0.4) is 0 Å². The quantitative estimate of drug-likeness (QED) is 0.297. The van der Waals surface area contributed by atoms with Gasteiger partial charge in [-0.15, -0.1) is 0 Å². The van der Waals surface area contributed by atoms with E-state index >= 15 is 0 Å². The lowest BCUT2D eigenvalue weighted by atomic mass is 9.67. The van der Waals surface area contributed by atoms with E-state index in [1.54, 1.807) is 0 Å². The second-order valence-corrected chi connectivity index (χ2v) is 10.4. The molecule has 178 valence electrons. The van der Waals surface area contributed by atoms with Gasteiger partial charge in [-0.25, -0.2) is 4.39 Å². The number of fused-ring (bicyclic) bond motifs is 1. The van der Waals surface area contributed by atoms with E-state index in [9.17, 15) is 22.0 Å². The minimum atomic E-state index is -4.52. The third-order valence-electron chi connectivity index (χ3n) is 8.37. The maximum Gasteiger partial charge on any atom is 0.342 e. The molecule has 0 heterocycles.